The first-order valence-electron chi connectivity index (χ1n) is 6.57. The smallest absolute Gasteiger partial charge is 0.0713 e. The normalized spacial score (nSPS) is 11.1. The van der Waals surface area contributed by atoms with Gasteiger partial charge in [-0.3, -0.25) is 0 Å². The zero-order valence-corrected chi connectivity index (χ0v) is 11.3. The maximum absolute atomic E-state index is 5.09. The van der Waals surface area contributed by atoms with Crippen molar-refractivity contribution in [2.75, 3.05) is 13.7 Å². The van der Waals surface area contributed by atoms with Gasteiger partial charge in [-0.2, -0.15) is 0 Å². The van der Waals surface area contributed by atoms with Crippen LogP contribution in [0.15, 0.2) is 24.3 Å². The SMILES string of the molecule is CCC(CC)CNCc1ccc(COC)cc1. The molecule has 1 N–H and O–H groups in total. The first-order valence-corrected chi connectivity index (χ1v) is 6.57. The summed E-state index contributed by atoms with van der Waals surface area (Å²) in [7, 11) is 1.73. The Bertz CT molecular complexity index is 290. The fourth-order valence-corrected chi connectivity index (χ4v) is 1.92. The highest BCUT2D eigenvalue weighted by Crippen LogP contribution is 2.07. The fourth-order valence-electron chi connectivity index (χ4n) is 1.92. The van der Waals surface area contributed by atoms with Crippen molar-refractivity contribution in [3.05, 3.63) is 35.4 Å². The molecule has 0 bridgehead atoms. The second-order valence-corrected chi connectivity index (χ2v) is 4.56. The van der Waals surface area contributed by atoms with Crippen molar-refractivity contribution in [3.8, 4) is 0 Å². The number of hydrogen-bond acceptors (Lipinski definition) is 2. The third-order valence-electron chi connectivity index (χ3n) is 3.25. The van der Waals surface area contributed by atoms with E-state index in [1.54, 1.807) is 7.11 Å². The molecule has 0 heterocycles. The molecule has 0 aromatic heterocycles. The van der Waals surface area contributed by atoms with Crippen LogP contribution in [0.1, 0.15) is 37.8 Å². The third-order valence-corrected chi connectivity index (χ3v) is 3.25. The van der Waals surface area contributed by atoms with Gasteiger partial charge in [0.05, 0.1) is 6.61 Å². The summed E-state index contributed by atoms with van der Waals surface area (Å²) >= 11 is 0. The Labute approximate surface area is 105 Å². The van der Waals surface area contributed by atoms with Crippen molar-refractivity contribution >= 4 is 0 Å². The molecular weight excluding hydrogens is 210 g/mol. The van der Waals surface area contributed by atoms with Crippen molar-refractivity contribution in [1.82, 2.24) is 5.32 Å². The zero-order chi connectivity index (χ0) is 12.5. The molecule has 0 fully saturated rings. The molecule has 0 saturated heterocycles. The summed E-state index contributed by atoms with van der Waals surface area (Å²) in [6.45, 7) is 7.29. The highest BCUT2D eigenvalue weighted by atomic mass is 16.5. The molecule has 0 aliphatic carbocycles. The number of nitrogens with one attached hydrogen (secondary N) is 1. The minimum Gasteiger partial charge on any atom is -0.380 e. The summed E-state index contributed by atoms with van der Waals surface area (Å²) in [5, 5.41) is 3.52. The van der Waals surface area contributed by atoms with Gasteiger partial charge in [0.15, 0.2) is 0 Å². The molecule has 0 spiro atoms. The highest BCUT2D eigenvalue weighted by molar-refractivity contribution is 5.21. The van der Waals surface area contributed by atoms with Crippen molar-refractivity contribution in [2.45, 2.75) is 39.8 Å². The number of benzene rings is 1. The van der Waals surface area contributed by atoms with Crippen LogP contribution in [0.4, 0.5) is 0 Å². The van der Waals surface area contributed by atoms with Gasteiger partial charge in [0.2, 0.25) is 0 Å². The van der Waals surface area contributed by atoms with Gasteiger partial charge in [-0.1, -0.05) is 51.0 Å². The summed E-state index contributed by atoms with van der Waals surface area (Å²) in [5.41, 5.74) is 2.58. The molecule has 1 aromatic rings. The van der Waals surface area contributed by atoms with E-state index in [1.807, 2.05) is 0 Å². The summed E-state index contributed by atoms with van der Waals surface area (Å²) in [5.74, 6) is 0.808. The van der Waals surface area contributed by atoms with Crippen LogP contribution in [-0.2, 0) is 17.9 Å². The van der Waals surface area contributed by atoms with Crippen LogP contribution in [0.2, 0.25) is 0 Å². The maximum Gasteiger partial charge on any atom is 0.0713 e. The average Bonchev–Trinajstić information content (AvgIpc) is 2.37. The van der Waals surface area contributed by atoms with E-state index in [-0.39, 0.29) is 0 Å². The molecule has 1 rings (SSSR count). The van der Waals surface area contributed by atoms with Gasteiger partial charge in [0.1, 0.15) is 0 Å². The standard InChI is InChI=1S/C15H25NO/c1-4-13(5-2)10-16-11-14-6-8-15(9-7-14)12-17-3/h6-9,13,16H,4-5,10-12H2,1-3H3. The number of methoxy groups -OCH3 is 1. The van der Waals surface area contributed by atoms with E-state index >= 15 is 0 Å². The van der Waals surface area contributed by atoms with Gasteiger partial charge in [-0.15, -0.1) is 0 Å². The van der Waals surface area contributed by atoms with Gasteiger partial charge in [0.25, 0.3) is 0 Å². The minimum absolute atomic E-state index is 0.696. The van der Waals surface area contributed by atoms with Gasteiger partial charge >= 0.3 is 0 Å². The number of rotatable bonds is 8. The molecule has 1 aromatic carbocycles. The summed E-state index contributed by atoms with van der Waals surface area (Å²) in [4.78, 5) is 0. The second-order valence-electron chi connectivity index (χ2n) is 4.56. The molecule has 0 unspecified atom stereocenters. The van der Waals surface area contributed by atoms with Crippen molar-refractivity contribution < 1.29 is 4.74 Å². The topological polar surface area (TPSA) is 21.3 Å². The predicted molar refractivity (Wildman–Crippen MR) is 72.9 cm³/mol. The Morgan fingerprint density at radius 2 is 1.65 bits per heavy atom. The molecule has 17 heavy (non-hydrogen) atoms. The van der Waals surface area contributed by atoms with E-state index in [0.29, 0.717) is 6.61 Å². The Morgan fingerprint density at radius 1 is 1.06 bits per heavy atom. The van der Waals surface area contributed by atoms with Crippen LogP contribution < -0.4 is 5.32 Å². The molecule has 0 amide bonds. The van der Waals surface area contributed by atoms with Crippen molar-refractivity contribution in [3.63, 3.8) is 0 Å². The first kappa shape index (κ1) is 14.2. The first-order chi connectivity index (χ1) is 8.30. The van der Waals surface area contributed by atoms with Crippen molar-refractivity contribution in [1.29, 1.82) is 0 Å². The summed E-state index contributed by atoms with van der Waals surface area (Å²) in [6, 6.07) is 8.62. The zero-order valence-electron chi connectivity index (χ0n) is 11.3. The monoisotopic (exact) mass is 235 g/mol. The molecule has 0 aliphatic rings. The van der Waals surface area contributed by atoms with Crippen LogP contribution in [0.3, 0.4) is 0 Å². The second kappa shape index (κ2) is 8.26. The van der Waals surface area contributed by atoms with Gasteiger partial charge < -0.3 is 10.1 Å². The minimum atomic E-state index is 0.696. The predicted octanol–water partition coefficient (Wildman–Crippen LogP) is 3.36. The Morgan fingerprint density at radius 3 is 2.18 bits per heavy atom. The lowest BCUT2D eigenvalue weighted by Gasteiger charge is -2.13. The van der Waals surface area contributed by atoms with E-state index in [2.05, 4.69) is 43.4 Å². The van der Waals surface area contributed by atoms with Crippen LogP contribution in [0.25, 0.3) is 0 Å². The molecule has 0 saturated carbocycles. The van der Waals surface area contributed by atoms with E-state index in [1.165, 1.54) is 24.0 Å². The molecule has 0 radical (unpaired) electrons. The maximum atomic E-state index is 5.09. The fraction of sp³-hybridized carbons (Fsp3) is 0.600. The third kappa shape index (κ3) is 5.33. The van der Waals surface area contributed by atoms with E-state index in [9.17, 15) is 0 Å². The summed E-state index contributed by atoms with van der Waals surface area (Å²) < 4.78 is 5.09. The van der Waals surface area contributed by atoms with Crippen LogP contribution in [-0.4, -0.2) is 13.7 Å². The van der Waals surface area contributed by atoms with Crippen molar-refractivity contribution in [2.24, 2.45) is 5.92 Å². The molecule has 0 aliphatic heterocycles. The van der Waals surface area contributed by atoms with Crippen LogP contribution in [0, 0.1) is 5.92 Å². The summed E-state index contributed by atoms with van der Waals surface area (Å²) in [6.07, 6.45) is 2.52. The van der Waals surface area contributed by atoms with Crippen LogP contribution in [0.5, 0.6) is 0 Å². The molecule has 96 valence electrons. The van der Waals surface area contributed by atoms with Gasteiger partial charge in [-0.25, -0.2) is 0 Å². The van der Waals surface area contributed by atoms with E-state index < -0.39 is 0 Å². The molecule has 2 heteroatoms. The molecule has 0 atom stereocenters. The lowest BCUT2D eigenvalue weighted by atomic mass is 10.0. The lowest BCUT2D eigenvalue weighted by Crippen LogP contribution is -2.21. The lowest BCUT2D eigenvalue weighted by molar-refractivity contribution is 0.185. The largest absolute Gasteiger partial charge is 0.380 e. The van der Waals surface area contributed by atoms with E-state index in [0.717, 1.165) is 19.0 Å². The van der Waals surface area contributed by atoms with E-state index in [4.69, 9.17) is 4.74 Å². The molecule has 2 nitrogen and oxygen atoms in total. The van der Waals surface area contributed by atoms with Gasteiger partial charge in [-0.05, 0) is 23.6 Å². The van der Waals surface area contributed by atoms with Gasteiger partial charge in [0, 0.05) is 13.7 Å². The Hall–Kier alpha value is -0.860. The molecular formula is C15H25NO. The number of hydrogen-bond donors (Lipinski definition) is 1. The highest BCUT2D eigenvalue weighted by Gasteiger charge is 2.02. The van der Waals surface area contributed by atoms with Crippen LogP contribution >= 0.6 is 0 Å². The average molecular weight is 235 g/mol. The Balaban J connectivity index is 2.31. The number of ether oxygens (including phenoxy) is 1. The quantitative estimate of drug-likeness (QED) is 0.746. The Kier molecular flexibility index (Phi) is 6.90.